The van der Waals surface area contributed by atoms with Crippen LogP contribution in [0.1, 0.15) is 73.4 Å². The van der Waals surface area contributed by atoms with Crippen molar-refractivity contribution in [2.45, 2.75) is 75.8 Å². The van der Waals surface area contributed by atoms with Gasteiger partial charge in [0.1, 0.15) is 23.7 Å². The second-order valence-electron chi connectivity index (χ2n) is 17.0. The first-order chi connectivity index (χ1) is 30.8. The Bertz CT molecular complexity index is 2280. The number of anilines is 1. The molecule has 4 fully saturated rings. The largest absolute Gasteiger partial charge is 0.453 e. The van der Waals surface area contributed by atoms with Gasteiger partial charge in [-0.25, -0.2) is 19.6 Å². The average molecular weight is 862 g/mol. The lowest BCUT2D eigenvalue weighted by atomic mass is 9.97. The van der Waals surface area contributed by atoms with Crippen molar-refractivity contribution in [2.75, 3.05) is 58.6 Å². The summed E-state index contributed by atoms with van der Waals surface area (Å²) in [6.07, 6.45) is 3.28. The number of carbonyl (C=O) groups excluding carboxylic acids is 4. The maximum absolute atomic E-state index is 14.0. The molecule has 4 aliphatic heterocycles. The third-order valence-electron chi connectivity index (χ3n) is 13.0. The number of aromatic nitrogens is 4. The van der Waals surface area contributed by atoms with E-state index in [1.165, 1.54) is 14.2 Å². The summed E-state index contributed by atoms with van der Waals surface area (Å²) in [7, 11) is 2.60. The summed E-state index contributed by atoms with van der Waals surface area (Å²) in [5.41, 5.74) is 6.62. The van der Waals surface area contributed by atoms with Gasteiger partial charge in [-0.05, 0) is 86.1 Å². The number of H-pyrrole nitrogens is 2. The van der Waals surface area contributed by atoms with Gasteiger partial charge in [0.15, 0.2) is 0 Å². The molecule has 0 saturated carbocycles. The molecule has 0 aliphatic carbocycles. The number of methoxy groups -OCH3 is 2. The molecule has 9 rings (SSSR count). The molecule has 17 heteroatoms. The molecule has 0 spiro atoms. The zero-order valence-corrected chi connectivity index (χ0v) is 35.7. The molecule has 332 valence electrons. The van der Waals surface area contributed by atoms with Crippen LogP contribution >= 0.6 is 0 Å². The fourth-order valence-corrected chi connectivity index (χ4v) is 9.72. The van der Waals surface area contributed by atoms with E-state index in [9.17, 15) is 19.2 Å². The van der Waals surface area contributed by atoms with Crippen molar-refractivity contribution in [2.24, 2.45) is 11.8 Å². The summed E-state index contributed by atoms with van der Waals surface area (Å²) in [6, 6.07) is 20.8. The monoisotopic (exact) mass is 861 g/mol. The first kappa shape index (κ1) is 42.1. The van der Waals surface area contributed by atoms with Crippen LogP contribution < -0.4 is 15.5 Å². The van der Waals surface area contributed by atoms with Gasteiger partial charge in [-0.3, -0.25) is 9.59 Å². The van der Waals surface area contributed by atoms with Crippen molar-refractivity contribution in [3.8, 4) is 0 Å². The number of rotatable bonds is 13. The number of fused-ring (bicyclic) bond motifs is 2. The van der Waals surface area contributed by atoms with E-state index in [2.05, 4.69) is 61.9 Å². The zero-order valence-electron chi connectivity index (χ0n) is 35.7. The molecule has 4 saturated heterocycles. The number of imidazole rings is 2. The Morgan fingerprint density at radius 2 is 1.17 bits per heavy atom. The van der Waals surface area contributed by atoms with Crippen LogP contribution in [0.2, 0.25) is 0 Å². The first-order valence-corrected chi connectivity index (χ1v) is 22.0. The molecule has 4 N–H and O–H groups in total. The highest BCUT2D eigenvalue weighted by molar-refractivity contribution is 5.88. The lowest BCUT2D eigenvalue weighted by Crippen LogP contribution is -2.52. The van der Waals surface area contributed by atoms with Gasteiger partial charge >= 0.3 is 12.2 Å². The van der Waals surface area contributed by atoms with Crippen molar-refractivity contribution >= 4 is 51.8 Å². The van der Waals surface area contributed by atoms with Crippen LogP contribution in [-0.2, 0) is 41.6 Å². The van der Waals surface area contributed by atoms with Crippen molar-refractivity contribution in [1.29, 1.82) is 0 Å². The molecule has 5 aromatic rings. The van der Waals surface area contributed by atoms with Crippen LogP contribution in [-0.4, -0.2) is 120 Å². The molecule has 0 radical (unpaired) electrons. The number of benzene rings is 3. The molecule has 0 bridgehead atoms. The van der Waals surface area contributed by atoms with Crippen LogP contribution in [0.4, 0.5) is 15.3 Å². The SMILES string of the molecule is COC(=O)N[C@H](C(=O)N1CCC[C@H]1c1nc2cc(CN(Cc3ccc4[nH]c([C@@H]5CCCN5C(=O)[C@@H](NC(=O)OC)[C@H]5CCOC5)nc4c3)c3ccccc3)ccc2[nH]1)[C@H]1CCOC1. The highest BCUT2D eigenvalue weighted by Gasteiger charge is 2.42. The van der Waals surface area contributed by atoms with Gasteiger partial charge < -0.3 is 54.2 Å². The van der Waals surface area contributed by atoms with Crippen LogP contribution in [0, 0.1) is 11.8 Å². The average Bonchev–Trinajstić information content (AvgIpc) is 4.16. The third-order valence-corrected chi connectivity index (χ3v) is 13.0. The van der Waals surface area contributed by atoms with Crippen molar-refractivity contribution < 1.29 is 38.1 Å². The second kappa shape index (κ2) is 18.6. The molecule has 17 nitrogen and oxygen atoms in total. The Kier molecular flexibility index (Phi) is 12.5. The number of para-hydroxylation sites is 1. The van der Waals surface area contributed by atoms with Gasteiger partial charge in [0.2, 0.25) is 11.8 Å². The van der Waals surface area contributed by atoms with E-state index in [1.807, 2.05) is 40.1 Å². The fourth-order valence-electron chi connectivity index (χ4n) is 9.72. The van der Waals surface area contributed by atoms with E-state index in [4.69, 9.17) is 28.9 Å². The number of likely N-dealkylation sites (tertiary alicyclic amines) is 2. The molecule has 2 aromatic heterocycles. The minimum Gasteiger partial charge on any atom is -0.453 e. The smallest absolute Gasteiger partial charge is 0.407 e. The normalized spacial score (nSPS) is 22.1. The van der Waals surface area contributed by atoms with E-state index < -0.39 is 24.3 Å². The summed E-state index contributed by atoms with van der Waals surface area (Å²) < 4.78 is 20.9. The zero-order chi connectivity index (χ0) is 43.5. The highest BCUT2D eigenvalue weighted by Crippen LogP contribution is 2.36. The highest BCUT2D eigenvalue weighted by atomic mass is 16.5. The predicted molar refractivity (Wildman–Crippen MR) is 232 cm³/mol. The molecule has 3 aromatic carbocycles. The van der Waals surface area contributed by atoms with E-state index in [0.29, 0.717) is 65.4 Å². The number of hydrogen-bond donors (Lipinski definition) is 4. The molecule has 4 aliphatic rings. The van der Waals surface area contributed by atoms with E-state index >= 15 is 0 Å². The van der Waals surface area contributed by atoms with Crippen molar-refractivity contribution in [1.82, 2.24) is 40.4 Å². The van der Waals surface area contributed by atoms with Gasteiger partial charge in [0.05, 0.1) is 61.6 Å². The van der Waals surface area contributed by atoms with Crippen LogP contribution in [0.5, 0.6) is 0 Å². The van der Waals surface area contributed by atoms with Gasteiger partial charge in [0, 0.05) is 56.9 Å². The second-order valence-corrected chi connectivity index (χ2v) is 17.0. The lowest BCUT2D eigenvalue weighted by molar-refractivity contribution is -0.136. The van der Waals surface area contributed by atoms with Crippen LogP contribution in [0.25, 0.3) is 22.1 Å². The van der Waals surface area contributed by atoms with Crippen LogP contribution in [0.3, 0.4) is 0 Å². The Balaban J connectivity index is 0.919. The van der Waals surface area contributed by atoms with Gasteiger partial charge in [0.25, 0.3) is 0 Å². The topological polar surface area (TPSA) is 196 Å². The maximum atomic E-state index is 14.0. The summed E-state index contributed by atoms with van der Waals surface area (Å²) in [5.74, 6) is 0.905. The minimum absolute atomic E-state index is 0.128. The quantitative estimate of drug-likeness (QED) is 0.117. The van der Waals surface area contributed by atoms with Crippen molar-refractivity contribution in [3.05, 3.63) is 89.5 Å². The number of ether oxygens (including phenoxy) is 4. The number of hydrogen-bond acceptors (Lipinski definition) is 11. The van der Waals surface area contributed by atoms with Crippen molar-refractivity contribution in [3.63, 3.8) is 0 Å². The van der Waals surface area contributed by atoms with E-state index in [1.54, 1.807) is 0 Å². The summed E-state index contributed by atoms with van der Waals surface area (Å²) in [5, 5.41) is 5.56. The predicted octanol–water partition coefficient (Wildman–Crippen LogP) is 5.50. The summed E-state index contributed by atoms with van der Waals surface area (Å²) in [4.78, 5) is 75.7. The Morgan fingerprint density at radius 1 is 0.698 bits per heavy atom. The number of aromatic amines is 2. The standard InChI is InChI=1S/C46H55N9O8/c1-60-45(58)51-39(30-16-20-62-26-30)43(56)54-18-6-10-37(54)41-47-33-14-12-28(22-35(33)49-41)24-53(32-8-4-3-5-9-32)25-29-13-15-34-36(23-29)50-42(48-34)38-11-7-19-55(38)44(57)40(52-46(59)61-2)31-17-21-63-27-31/h3-5,8-9,12-15,22-23,30-31,37-40H,6-7,10-11,16-21,24-27H2,1-2H3,(H,47,49)(H,48,50)(H,51,58)(H,52,59)/t30-,31-,37-,38-,39-,40-/m0/s1. The number of alkyl carbamates (subject to hydrolysis) is 2. The van der Waals surface area contributed by atoms with Gasteiger partial charge in [-0.2, -0.15) is 0 Å². The number of carbonyl (C=O) groups is 4. The molecule has 4 amide bonds. The molecule has 6 heterocycles. The number of nitrogens with one attached hydrogen (secondary N) is 4. The van der Waals surface area contributed by atoms with E-state index in [-0.39, 0.29) is 35.7 Å². The molecular weight excluding hydrogens is 807 g/mol. The maximum Gasteiger partial charge on any atom is 0.407 e. The minimum atomic E-state index is -0.738. The first-order valence-electron chi connectivity index (χ1n) is 22.0. The Labute approximate surface area is 365 Å². The molecule has 6 atom stereocenters. The number of nitrogens with zero attached hydrogens (tertiary/aromatic N) is 5. The van der Waals surface area contributed by atoms with Gasteiger partial charge in [-0.15, -0.1) is 0 Å². The number of amides is 4. The fraction of sp³-hybridized carbons (Fsp3) is 0.478. The molecule has 63 heavy (non-hydrogen) atoms. The summed E-state index contributed by atoms with van der Waals surface area (Å²) >= 11 is 0. The molecular formula is C46H55N9O8. The molecule has 0 unspecified atom stereocenters. The van der Waals surface area contributed by atoms with Gasteiger partial charge in [-0.1, -0.05) is 30.3 Å². The van der Waals surface area contributed by atoms with Crippen LogP contribution in [0.15, 0.2) is 66.7 Å². The third kappa shape index (κ3) is 9.02. The Morgan fingerprint density at radius 3 is 1.60 bits per heavy atom. The van der Waals surface area contributed by atoms with E-state index in [0.717, 1.165) is 76.2 Å². The summed E-state index contributed by atoms with van der Waals surface area (Å²) in [6.45, 7) is 4.28. The lowest BCUT2D eigenvalue weighted by Gasteiger charge is -2.30. The Hall–Kier alpha value is -6.20.